The highest BCUT2D eigenvalue weighted by Crippen LogP contribution is 2.30. The quantitative estimate of drug-likeness (QED) is 0.838. The highest BCUT2D eigenvalue weighted by Gasteiger charge is 2.38. The predicted molar refractivity (Wildman–Crippen MR) is 100 cm³/mol. The molecule has 2 aromatic rings. The zero-order chi connectivity index (χ0) is 18.0. The second-order valence-electron chi connectivity index (χ2n) is 6.47. The highest BCUT2D eigenvalue weighted by molar-refractivity contribution is 6.09. The lowest BCUT2D eigenvalue weighted by Crippen LogP contribution is -2.38. The first-order chi connectivity index (χ1) is 12.0. The second kappa shape index (κ2) is 6.84. The summed E-state index contributed by atoms with van der Waals surface area (Å²) in [5, 5.41) is 3.96. The number of hydrogen-bond donors (Lipinski definition) is 0. The van der Waals surface area contributed by atoms with Gasteiger partial charge in [-0.1, -0.05) is 42.5 Å². The molecule has 0 saturated carbocycles. The molecule has 2 aromatic carbocycles. The molecule has 0 radical (unpaired) electrons. The molecular weight excluding hydrogens is 314 g/mol. The molecule has 0 aliphatic carbocycles. The molecule has 0 aromatic heterocycles. The third kappa shape index (κ3) is 3.37. The minimum atomic E-state index is -0.874. The van der Waals surface area contributed by atoms with Gasteiger partial charge in [-0.3, -0.25) is 4.79 Å². The van der Waals surface area contributed by atoms with Gasteiger partial charge in [0.05, 0.1) is 6.42 Å². The summed E-state index contributed by atoms with van der Waals surface area (Å²) < 4.78 is 0. The normalized spacial score (nSPS) is 20.0. The van der Waals surface area contributed by atoms with Crippen LogP contribution in [0.1, 0.15) is 32.8 Å². The van der Waals surface area contributed by atoms with Gasteiger partial charge in [-0.25, -0.2) is 14.9 Å². The summed E-state index contributed by atoms with van der Waals surface area (Å²) in [6.07, 6.45) is 0.229. The van der Waals surface area contributed by atoms with Crippen LogP contribution in [-0.4, -0.2) is 47.6 Å². The van der Waals surface area contributed by atoms with E-state index in [-0.39, 0.29) is 12.3 Å². The zero-order valence-corrected chi connectivity index (χ0v) is 15.3. The van der Waals surface area contributed by atoms with E-state index < -0.39 is 5.72 Å². The SMILES string of the molecule is CCN(CC)C(=O)CC1(C)N=C(c2cccc3ccccc23)N(C)O1. The maximum absolute atomic E-state index is 12.5. The van der Waals surface area contributed by atoms with Gasteiger partial charge in [-0.05, 0) is 31.5 Å². The smallest absolute Gasteiger partial charge is 0.227 e. The number of fused-ring (bicyclic) bond motifs is 1. The molecule has 1 atom stereocenters. The van der Waals surface area contributed by atoms with E-state index >= 15 is 0 Å². The molecule has 0 N–H and O–H groups in total. The van der Waals surface area contributed by atoms with Gasteiger partial charge in [0, 0.05) is 25.7 Å². The lowest BCUT2D eigenvalue weighted by molar-refractivity contribution is -0.170. The van der Waals surface area contributed by atoms with Crippen molar-refractivity contribution >= 4 is 22.5 Å². The van der Waals surface area contributed by atoms with Gasteiger partial charge in [0.1, 0.15) is 0 Å². The van der Waals surface area contributed by atoms with Gasteiger partial charge in [-0.15, -0.1) is 0 Å². The molecule has 0 bridgehead atoms. The fourth-order valence-electron chi connectivity index (χ4n) is 3.34. The van der Waals surface area contributed by atoms with E-state index in [1.54, 1.807) is 9.96 Å². The first-order valence-electron chi connectivity index (χ1n) is 8.76. The molecule has 1 aliphatic rings. The Hall–Kier alpha value is -2.40. The van der Waals surface area contributed by atoms with Gasteiger partial charge in [-0.2, -0.15) is 0 Å². The number of carbonyl (C=O) groups is 1. The van der Waals surface area contributed by atoms with Gasteiger partial charge in [0.2, 0.25) is 5.91 Å². The molecule has 0 spiro atoms. The first kappa shape index (κ1) is 17.4. The van der Waals surface area contributed by atoms with E-state index in [0.717, 1.165) is 22.2 Å². The summed E-state index contributed by atoms with van der Waals surface area (Å²) >= 11 is 0. The van der Waals surface area contributed by atoms with Crippen LogP contribution < -0.4 is 0 Å². The van der Waals surface area contributed by atoms with Crippen LogP contribution in [0.2, 0.25) is 0 Å². The molecule has 132 valence electrons. The minimum absolute atomic E-state index is 0.0591. The molecule has 5 nitrogen and oxygen atoms in total. The summed E-state index contributed by atoms with van der Waals surface area (Å²) in [6, 6.07) is 14.3. The summed E-state index contributed by atoms with van der Waals surface area (Å²) in [7, 11) is 1.84. The maximum atomic E-state index is 12.5. The van der Waals surface area contributed by atoms with Crippen LogP contribution in [0.15, 0.2) is 47.5 Å². The average Bonchev–Trinajstić information content (AvgIpc) is 2.89. The molecule has 0 saturated heterocycles. The molecule has 0 fully saturated rings. The van der Waals surface area contributed by atoms with Gasteiger partial charge in [0.15, 0.2) is 11.6 Å². The van der Waals surface area contributed by atoms with Crippen LogP contribution in [-0.2, 0) is 9.63 Å². The lowest BCUT2D eigenvalue weighted by Gasteiger charge is -2.25. The number of amides is 1. The highest BCUT2D eigenvalue weighted by atomic mass is 16.7. The van der Waals surface area contributed by atoms with E-state index in [2.05, 4.69) is 18.2 Å². The standard InChI is InChI=1S/C20H25N3O2/c1-5-23(6-2)18(24)14-20(3)21-19(22(4)25-20)17-13-9-11-15-10-7-8-12-16(15)17/h7-13H,5-6,14H2,1-4H3. The molecular formula is C20H25N3O2. The number of amidine groups is 1. The molecule has 1 amide bonds. The first-order valence-corrected chi connectivity index (χ1v) is 8.76. The van der Waals surface area contributed by atoms with Crippen molar-refractivity contribution in [2.75, 3.05) is 20.1 Å². The van der Waals surface area contributed by atoms with E-state index in [1.807, 2.05) is 52.1 Å². The maximum Gasteiger partial charge on any atom is 0.227 e. The fraction of sp³-hybridized carbons (Fsp3) is 0.400. The van der Waals surface area contributed by atoms with Crippen molar-refractivity contribution in [3.63, 3.8) is 0 Å². The Kier molecular flexibility index (Phi) is 4.77. The van der Waals surface area contributed by atoms with Crippen LogP contribution >= 0.6 is 0 Å². The minimum Gasteiger partial charge on any atom is -0.343 e. The molecule has 1 aliphatic heterocycles. The van der Waals surface area contributed by atoms with Gasteiger partial charge in [0.25, 0.3) is 0 Å². The van der Waals surface area contributed by atoms with Crippen molar-refractivity contribution in [3.8, 4) is 0 Å². The Morgan fingerprint density at radius 3 is 2.56 bits per heavy atom. The Morgan fingerprint density at radius 2 is 1.84 bits per heavy atom. The number of rotatable bonds is 5. The van der Waals surface area contributed by atoms with Gasteiger partial charge >= 0.3 is 0 Å². The molecule has 1 unspecified atom stereocenters. The van der Waals surface area contributed by atoms with E-state index in [1.165, 1.54) is 0 Å². The Labute approximate surface area is 148 Å². The summed E-state index contributed by atoms with van der Waals surface area (Å²) in [4.78, 5) is 25.0. The number of nitrogens with zero attached hydrogens (tertiary/aromatic N) is 3. The number of aliphatic imine (C=N–C) groups is 1. The van der Waals surface area contributed by atoms with Crippen LogP contribution in [0, 0.1) is 0 Å². The largest absolute Gasteiger partial charge is 0.343 e. The van der Waals surface area contributed by atoms with E-state index in [4.69, 9.17) is 9.83 Å². The Bertz CT molecular complexity index is 808. The van der Waals surface area contributed by atoms with Crippen LogP contribution in [0.3, 0.4) is 0 Å². The van der Waals surface area contributed by atoms with Crippen LogP contribution in [0.4, 0.5) is 0 Å². The Morgan fingerprint density at radius 1 is 1.16 bits per heavy atom. The van der Waals surface area contributed by atoms with Crippen molar-refractivity contribution in [2.24, 2.45) is 4.99 Å². The third-order valence-electron chi connectivity index (χ3n) is 4.60. The average molecular weight is 339 g/mol. The van der Waals surface area contributed by atoms with Crippen molar-refractivity contribution in [3.05, 3.63) is 48.0 Å². The predicted octanol–water partition coefficient (Wildman–Crippen LogP) is 3.44. The summed E-state index contributed by atoms with van der Waals surface area (Å²) in [5.74, 6) is 0.815. The van der Waals surface area contributed by atoms with Gasteiger partial charge < -0.3 is 4.90 Å². The zero-order valence-electron chi connectivity index (χ0n) is 15.3. The van der Waals surface area contributed by atoms with Crippen molar-refractivity contribution in [2.45, 2.75) is 32.9 Å². The number of benzene rings is 2. The topological polar surface area (TPSA) is 45.1 Å². The summed E-state index contributed by atoms with van der Waals surface area (Å²) in [5.41, 5.74) is 0.139. The molecule has 25 heavy (non-hydrogen) atoms. The summed E-state index contributed by atoms with van der Waals surface area (Å²) in [6.45, 7) is 7.22. The Balaban J connectivity index is 1.94. The van der Waals surface area contributed by atoms with Crippen molar-refractivity contribution in [1.82, 2.24) is 9.96 Å². The van der Waals surface area contributed by atoms with E-state index in [9.17, 15) is 4.79 Å². The number of hydrogen-bond acceptors (Lipinski definition) is 4. The molecule has 5 heteroatoms. The second-order valence-corrected chi connectivity index (χ2v) is 6.47. The van der Waals surface area contributed by atoms with E-state index in [0.29, 0.717) is 13.1 Å². The van der Waals surface area contributed by atoms with Crippen LogP contribution in [0.5, 0.6) is 0 Å². The molecule has 1 heterocycles. The monoisotopic (exact) mass is 339 g/mol. The fourth-order valence-corrected chi connectivity index (χ4v) is 3.34. The molecule has 3 rings (SSSR count). The number of carbonyl (C=O) groups excluding carboxylic acids is 1. The third-order valence-corrected chi connectivity index (χ3v) is 4.60. The lowest BCUT2D eigenvalue weighted by atomic mass is 10.0. The van der Waals surface area contributed by atoms with Crippen molar-refractivity contribution in [1.29, 1.82) is 0 Å². The van der Waals surface area contributed by atoms with Crippen molar-refractivity contribution < 1.29 is 9.63 Å². The van der Waals surface area contributed by atoms with Crippen LogP contribution in [0.25, 0.3) is 10.8 Å². The number of hydroxylamine groups is 2.